The normalized spacial score (nSPS) is 12.5. The molecule has 0 aliphatic heterocycles. The number of hydrogen-bond donors (Lipinski definition) is 0. The first-order valence-electron chi connectivity index (χ1n) is 5.02. The smallest absolute Gasteiger partial charge is 0.0315 e. The zero-order valence-corrected chi connectivity index (χ0v) is 16.0. The van der Waals surface area contributed by atoms with Gasteiger partial charge in [-0.1, -0.05) is 0 Å². The average molecular weight is 576 g/mol. The van der Waals surface area contributed by atoms with Gasteiger partial charge in [-0.3, -0.25) is 0 Å². The van der Waals surface area contributed by atoms with Gasteiger partial charge in [0, 0.05) is 16.1 Å². The van der Waals surface area contributed by atoms with Crippen molar-refractivity contribution in [3.8, 4) is 11.1 Å². The summed E-state index contributed by atoms with van der Waals surface area (Å²) in [6.07, 6.45) is 1.05. The second kappa shape index (κ2) is 4.76. The Labute approximate surface area is 144 Å². The van der Waals surface area contributed by atoms with Gasteiger partial charge in [0.2, 0.25) is 0 Å². The highest BCUT2D eigenvalue weighted by molar-refractivity contribution is 14.1. The van der Waals surface area contributed by atoms with E-state index in [-0.39, 0.29) is 0 Å². The molecule has 0 amide bonds. The molecule has 86 valence electrons. The van der Waals surface area contributed by atoms with Crippen molar-refractivity contribution in [3.63, 3.8) is 0 Å². The van der Waals surface area contributed by atoms with Crippen LogP contribution in [0, 0.1) is 7.14 Å². The van der Waals surface area contributed by atoms with E-state index in [1.54, 1.807) is 0 Å². The molecule has 0 saturated heterocycles. The fourth-order valence-electron chi connectivity index (χ4n) is 2.18. The fourth-order valence-corrected chi connectivity index (χ4v) is 3.93. The van der Waals surface area contributed by atoms with Crippen molar-refractivity contribution in [3.05, 3.63) is 51.5 Å². The summed E-state index contributed by atoms with van der Waals surface area (Å²) >= 11 is 12.0. The van der Waals surface area contributed by atoms with Crippen molar-refractivity contribution < 1.29 is 0 Å². The molecule has 0 N–H and O–H groups in total. The quantitative estimate of drug-likeness (QED) is 0.289. The first-order chi connectivity index (χ1) is 8.06. The molecule has 17 heavy (non-hydrogen) atoms. The van der Waals surface area contributed by atoms with Gasteiger partial charge in [-0.15, -0.1) is 0 Å². The molecule has 0 bridgehead atoms. The number of fused-ring (bicyclic) bond motifs is 3. The van der Waals surface area contributed by atoms with Gasteiger partial charge >= 0.3 is 0 Å². The zero-order valence-electron chi connectivity index (χ0n) is 8.53. The minimum Gasteiger partial charge on any atom is -0.0497 e. The molecule has 0 saturated carbocycles. The largest absolute Gasteiger partial charge is 0.0497 e. The molecular weight excluding hydrogens is 570 g/mol. The van der Waals surface area contributed by atoms with E-state index in [4.69, 9.17) is 0 Å². The van der Waals surface area contributed by atoms with Gasteiger partial charge in [0.25, 0.3) is 0 Å². The predicted octanol–water partition coefficient (Wildman–Crippen LogP) is 5.99. The van der Waals surface area contributed by atoms with E-state index in [9.17, 15) is 0 Å². The molecule has 0 nitrogen and oxygen atoms in total. The molecule has 0 atom stereocenters. The monoisotopic (exact) mass is 574 g/mol. The summed E-state index contributed by atoms with van der Waals surface area (Å²) in [6, 6.07) is 9.03. The Kier molecular flexibility index (Phi) is 3.60. The van der Waals surface area contributed by atoms with Gasteiger partial charge < -0.3 is 0 Å². The predicted molar refractivity (Wildman–Crippen MR) is 95.5 cm³/mol. The first-order valence-corrected chi connectivity index (χ1v) is 8.77. The fraction of sp³-hybridized carbons (Fsp3) is 0.0769. The van der Waals surface area contributed by atoms with E-state index < -0.39 is 0 Å². The minimum atomic E-state index is 1.05. The maximum Gasteiger partial charge on any atom is 0.0315 e. The second-order valence-corrected chi connectivity index (χ2v) is 8.06. The topological polar surface area (TPSA) is 0 Å². The maximum absolute atomic E-state index is 3.61. The number of hydrogen-bond acceptors (Lipinski definition) is 0. The second-order valence-electron chi connectivity index (χ2n) is 4.02. The van der Waals surface area contributed by atoms with Crippen LogP contribution >= 0.6 is 77.0 Å². The van der Waals surface area contributed by atoms with Crippen molar-refractivity contribution in [2.45, 2.75) is 6.42 Å². The van der Waals surface area contributed by atoms with E-state index in [0.717, 1.165) is 6.42 Å². The highest BCUT2D eigenvalue weighted by Crippen LogP contribution is 2.42. The van der Waals surface area contributed by atoms with Crippen LogP contribution in [0.5, 0.6) is 0 Å². The molecule has 1 aliphatic rings. The molecular formula is C13H6Br2I2. The van der Waals surface area contributed by atoms with Crippen LogP contribution in [0.25, 0.3) is 11.1 Å². The Bertz CT molecular complexity index is 580. The summed E-state index contributed by atoms with van der Waals surface area (Å²) in [5, 5.41) is 0. The Balaban J connectivity index is 2.27. The Morgan fingerprint density at radius 3 is 1.59 bits per heavy atom. The van der Waals surface area contributed by atoms with Gasteiger partial charge in [0.15, 0.2) is 0 Å². The highest BCUT2D eigenvalue weighted by atomic mass is 127. The van der Waals surface area contributed by atoms with E-state index in [1.807, 2.05) is 0 Å². The van der Waals surface area contributed by atoms with Gasteiger partial charge in [-0.2, -0.15) is 0 Å². The number of halogens is 4. The third-order valence-corrected chi connectivity index (χ3v) is 7.54. The molecule has 2 aromatic rings. The molecule has 0 heterocycles. The van der Waals surface area contributed by atoms with E-state index in [0.29, 0.717) is 0 Å². The standard InChI is InChI=1S/C13H6Br2I2/c14-10-4-8-6(2-12(10)16)1-7-3-13(17)11(15)5-9(7)8/h2-5H,1H2. The lowest BCUT2D eigenvalue weighted by atomic mass is 10.1. The Hall–Kier alpha value is 0.860. The molecule has 0 spiro atoms. The summed E-state index contributed by atoms with van der Waals surface area (Å²) in [4.78, 5) is 0. The van der Waals surface area contributed by atoms with Crippen LogP contribution in [0.2, 0.25) is 0 Å². The summed E-state index contributed by atoms with van der Waals surface area (Å²) in [7, 11) is 0. The molecule has 1 aliphatic carbocycles. The van der Waals surface area contributed by atoms with Crippen LogP contribution in [0.15, 0.2) is 33.2 Å². The first kappa shape index (κ1) is 12.9. The van der Waals surface area contributed by atoms with Gasteiger partial charge in [-0.25, -0.2) is 0 Å². The van der Waals surface area contributed by atoms with E-state index in [2.05, 4.69) is 101 Å². The third-order valence-electron chi connectivity index (χ3n) is 2.96. The Morgan fingerprint density at radius 1 is 0.765 bits per heavy atom. The average Bonchev–Trinajstić information content (AvgIpc) is 2.58. The molecule has 3 rings (SSSR count). The van der Waals surface area contributed by atoms with Crippen molar-refractivity contribution in [1.82, 2.24) is 0 Å². The molecule has 0 radical (unpaired) electrons. The molecule has 0 aromatic heterocycles. The summed E-state index contributed by atoms with van der Waals surface area (Å²) < 4.78 is 4.92. The summed E-state index contributed by atoms with van der Waals surface area (Å²) in [5.74, 6) is 0. The van der Waals surface area contributed by atoms with Crippen LogP contribution in [0.4, 0.5) is 0 Å². The van der Waals surface area contributed by atoms with Crippen molar-refractivity contribution in [2.24, 2.45) is 0 Å². The Morgan fingerprint density at radius 2 is 1.18 bits per heavy atom. The van der Waals surface area contributed by atoms with Gasteiger partial charge in [0.1, 0.15) is 0 Å². The SMILES string of the molecule is Brc1cc2c(cc1I)Cc1cc(I)c(Br)cc1-2. The lowest BCUT2D eigenvalue weighted by molar-refractivity contribution is 1.25. The van der Waals surface area contributed by atoms with Crippen LogP contribution in [0.3, 0.4) is 0 Å². The third kappa shape index (κ3) is 2.23. The molecule has 2 aromatic carbocycles. The van der Waals surface area contributed by atoms with Crippen molar-refractivity contribution in [2.75, 3.05) is 0 Å². The molecule has 0 fully saturated rings. The number of rotatable bonds is 0. The van der Waals surface area contributed by atoms with Crippen LogP contribution in [0.1, 0.15) is 11.1 Å². The number of benzene rings is 2. The van der Waals surface area contributed by atoms with Gasteiger partial charge in [0.05, 0.1) is 0 Å². The summed E-state index contributed by atoms with van der Waals surface area (Å²) in [6.45, 7) is 0. The van der Waals surface area contributed by atoms with Crippen LogP contribution < -0.4 is 0 Å². The van der Waals surface area contributed by atoms with Crippen LogP contribution in [-0.2, 0) is 6.42 Å². The zero-order chi connectivity index (χ0) is 12.2. The van der Waals surface area contributed by atoms with Crippen molar-refractivity contribution >= 4 is 77.0 Å². The van der Waals surface area contributed by atoms with E-state index >= 15 is 0 Å². The lowest BCUT2D eigenvalue weighted by Gasteiger charge is -2.05. The lowest BCUT2D eigenvalue weighted by Crippen LogP contribution is -1.83. The van der Waals surface area contributed by atoms with Crippen LogP contribution in [-0.4, -0.2) is 0 Å². The molecule has 4 heteroatoms. The summed E-state index contributed by atoms with van der Waals surface area (Å²) in [5.41, 5.74) is 5.59. The van der Waals surface area contributed by atoms with E-state index in [1.165, 1.54) is 38.3 Å². The highest BCUT2D eigenvalue weighted by Gasteiger charge is 2.21. The van der Waals surface area contributed by atoms with Gasteiger partial charge in [-0.05, 0) is 130 Å². The molecule has 0 unspecified atom stereocenters. The minimum absolute atomic E-state index is 1.05. The van der Waals surface area contributed by atoms with Crippen molar-refractivity contribution in [1.29, 1.82) is 0 Å². The maximum atomic E-state index is 3.61.